The summed E-state index contributed by atoms with van der Waals surface area (Å²) in [5.74, 6) is 0.637. The Hall–Kier alpha value is -0.890. The predicted molar refractivity (Wildman–Crippen MR) is 63.2 cm³/mol. The third-order valence-corrected chi connectivity index (χ3v) is 2.51. The number of hydrogen-bond acceptors (Lipinski definition) is 4. The minimum Gasteiger partial charge on any atom is -0.490 e. The third kappa shape index (κ3) is 3.63. The average molecular weight is 323 g/mol. The minimum absolute atomic E-state index is 0.0680. The fraction of sp³-hybridized carbons (Fsp3) is 0.333. The Labute approximate surface area is 101 Å². The van der Waals surface area contributed by atoms with Crippen molar-refractivity contribution in [1.82, 2.24) is 0 Å². The molecule has 0 spiro atoms. The van der Waals surface area contributed by atoms with Crippen LogP contribution >= 0.6 is 22.6 Å². The first-order valence-electron chi connectivity index (χ1n) is 4.21. The molecule has 6 heteroatoms. The number of benzene rings is 1. The Kier molecular flexibility index (Phi) is 4.76. The molecule has 5 nitrogen and oxygen atoms in total. The highest BCUT2D eigenvalue weighted by atomic mass is 127. The first-order chi connectivity index (χ1) is 7.15. The summed E-state index contributed by atoms with van der Waals surface area (Å²) in [6.07, 6.45) is 0. The van der Waals surface area contributed by atoms with Gasteiger partial charge >= 0.3 is 0 Å². The number of halogens is 1. The Bertz CT molecular complexity index is 356. The zero-order valence-corrected chi connectivity index (χ0v) is 10.3. The van der Waals surface area contributed by atoms with E-state index in [0.29, 0.717) is 19.0 Å². The molecule has 0 bridgehead atoms. The molecule has 0 radical (unpaired) electrons. The van der Waals surface area contributed by atoms with Crippen LogP contribution in [0.15, 0.2) is 18.2 Å². The molecule has 0 N–H and O–H groups in total. The van der Waals surface area contributed by atoms with Gasteiger partial charge in [-0.1, -0.05) is 0 Å². The lowest BCUT2D eigenvalue weighted by atomic mass is 10.3. The SMILES string of the molecule is COCCOc1ccc([N+](=O)[O-])cc1I. The van der Waals surface area contributed by atoms with Gasteiger partial charge in [0, 0.05) is 19.2 Å². The van der Waals surface area contributed by atoms with Crippen molar-refractivity contribution in [3.8, 4) is 5.75 Å². The topological polar surface area (TPSA) is 61.6 Å². The van der Waals surface area contributed by atoms with E-state index < -0.39 is 4.92 Å². The van der Waals surface area contributed by atoms with Gasteiger partial charge in [-0.2, -0.15) is 0 Å². The van der Waals surface area contributed by atoms with Crippen molar-refractivity contribution in [2.24, 2.45) is 0 Å². The molecule has 0 saturated carbocycles. The van der Waals surface area contributed by atoms with Crippen LogP contribution < -0.4 is 4.74 Å². The van der Waals surface area contributed by atoms with Crippen LogP contribution in [0.25, 0.3) is 0 Å². The van der Waals surface area contributed by atoms with Crippen molar-refractivity contribution in [1.29, 1.82) is 0 Å². The number of ether oxygens (including phenoxy) is 2. The van der Waals surface area contributed by atoms with E-state index in [1.165, 1.54) is 12.1 Å². The molecule has 0 fully saturated rings. The van der Waals surface area contributed by atoms with E-state index in [4.69, 9.17) is 9.47 Å². The number of methoxy groups -OCH3 is 1. The van der Waals surface area contributed by atoms with Gasteiger partial charge in [-0.3, -0.25) is 10.1 Å². The molecule has 0 aliphatic heterocycles. The summed E-state index contributed by atoms with van der Waals surface area (Å²) in [6.45, 7) is 0.928. The Morgan fingerprint density at radius 1 is 1.47 bits per heavy atom. The normalized spacial score (nSPS) is 10.0. The molecule has 0 unspecified atom stereocenters. The van der Waals surface area contributed by atoms with Gasteiger partial charge in [0.1, 0.15) is 12.4 Å². The van der Waals surface area contributed by atoms with Gasteiger partial charge in [-0.05, 0) is 28.7 Å². The van der Waals surface area contributed by atoms with Crippen LogP contribution in [0.2, 0.25) is 0 Å². The number of nitro groups is 1. The number of hydrogen-bond donors (Lipinski definition) is 0. The molecule has 15 heavy (non-hydrogen) atoms. The smallest absolute Gasteiger partial charge is 0.270 e. The largest absolute Gasteiger partial charge is 0.490 e. The lowest BCUT2D eigenvalue weighted by Gasteiger charge is -2.06. The summed E-state index contributed by atoms with van der Waals surface area (Å²) in [5, 5.41) is 10.5. The summed E-state index contributed by atoms with van der Waals surface area (Å²) in [5.41, 5.74) is 0.0680. The molecule has 0 atom stereocenters. The highest BCUT2D eigenvalue weighted by molar-refractivity contribution is 14.1. The zero-order valence-electron chi connectivity index (χ0n) is 8.10. The molecule has 0 aliphatic rings. The van der Waals surface area contributed by atoms with Crippen LogP contribution in [0.4, 0.5) is 5.69 Å². The highest BCUT2D eigenvalue weighted by Gasteiger charge is 2.09. The number of rotatable bonds is 5. The summed E-state index contributed by atoms with van der Waals surface area (Å²) in [4.78, 5) is 10.0. The number of nitrogens with zero attached hydrogens (tertiary/aromatic N) is 1. The maximum absolute atomic E-state index is 10.5. The Morgan fingerprint density at radius 3 is 2.73 bits per heavy atom. The Morgan fingerprint density at radius 2 is 2.20 bits per heavy atom. The fourth-order valence-corrected chi connectivity index (χ4v) is 1.61. The standard InChI is InChI=1S/C9H10INO4/c1-14-4-5-15-9-3-2-7(11(12)13)6-8(9)10/h2-3,6H,4-5H2,1H3. The lowest BCUT2D eigenvalue weighted by Crippen LogP contribution is -2.05. The molecule has 82 valence electrons. The fourth-order valence-electron chi connectivity index (χ4n) is 0.955. The second-order valence-electron chi connectivity index (χ2n) is 2.71. The van der Waals surface area contributed by atoms with Crippen LogP contribution in [0.3, 0.4) is 0 Å². The maximum atomic E-state index is 10.5. The molecule has 0 amide bonds. The first kappa shape index (κ1) is 12.2. The lowest BCUT2D eigenvalue weighted by molar-refractivity contribution is -0.385. The number of nitro benzene ring substituents is 1. The van der Waals surface area contributed by atoms with Gasteiger partial charge < -0.3 is 9.47 Å². The quantitative estimate of drug-likeness (QED) is 0.361. The zero-order chi connectivity index (χ0) is 11.3. The monoisotopic (exact) mass is 323 g/mol. The van der Waals surface area contributed by atoms with Gasteiger partial charge in [0.25, 0.3) is 5.69 Å². The molecule has 1 aromatic rings. The molecule has 0 aromatic heterocycles. The van der Waals surface area contributed by atoms with Crippen LogP contribution in [0.1, 0.15) is 0 Å². The summed E-state index contributed by atoms with van der Waals surface area (Å²) in [6, 6.07) is 4.49. The summed E-state index contributed by atoms with van der Waals surface area (Å²) < 4.78 is 10.9. The van der Waals surface area contributed by atoms with Crippen molar-refractivity contribution in [2.75, 3.05) is 20.3 Å². The molecule has 0 heterocycles. The highest BCUT2D eigenvalue weighted by Crippen LogP contribution is 2.25. The van der Waals surface area contributed by atoms with Gasteiger partial charge in [0.05, 0.1) is 15.1 Å². The van der Waals surface area contributed by atoms with Gasteiger partial charge in [-0.15, -0.1) is 0 Å². The van der Waals surface area contributed by atoms with Crippen LogP contribution in [-0.2, 0) is 4.74 Å². The minimum atomic E-state index is -0.429. The number of non-ortho nitro benzene ring substituents is 1. The van der Waals surface area contributed by atoms with Crippen LogP contribution in [0, 0.1) is 13.7 Å². The summed E-state index contributed by atoms with van der Waals surface area (Å²) >= 11 is 2.00. The molecule has 1 rings (SSSR count). The Balaban J connectivity index is 2.70. The van der Waals surface area contributed by atoms with Crippen LogP contribution in [-0.4, -0.2) is 25.2 Å². The third-order valence-electron chi connectivity index (χ3n) is 1.67. The van der Waals surface area contributed by atoms with E-state index in [-0.39, 0.29) is 5.69 Å². The van der Waals surface area contributed by atoms with E-state index >= 15 is 0 Å². The second kappa shape index (κ2) is 5.86. The van der Waals surface area contributed by atoms with Crippen molar-refractivity contribution in [3.05, 3.63) is 31.9 Å². The van der Waals surface area contributed by atoms with E-state index in [1.807, 2.05) is 22.6 Å². The van der Waals surface area contributed by atoms with E-state index in [2.05, 4.69) is 0 Å². The molecule has 0 saturated heterocycles. The van der Waals surface area contributed by atoms with Crippen LogP contribution in [0.5, 0.6) is 5.75 Å². The van der Waals surface area contributed by atoms with E-state index in [0.717, 1.165) is 3.57 Å². The molecular weight excluding hydrogens is 313 g/mol. The summed E-state index contributed by atoms with van der Waals surface area (Å²) in [7, 11) is 1.59. The van der Waals surface area contributed by atoms with Gasteiger partial charge in [0.2, 0.25) is 0 Å². The predicted octanol–water partition coefficient (Wildman–Crippen LogP) is 2.22. The molecule has 0 aliphatic carbocycles. The van der Waals surface area contributed by atoms with Gasteiger partial charge in [-0.25, -0.2) is 0 Å². The van der Waals surface area contributed by atoms with E-state index in [9.17, 15) is 10.1 Å². The van der Waals surface area contributed by atoms with Crippen molar-refractivity contribution in [3.63, 3.8) is 0 Å². The maximum Gasteiger partial charge on any atom is 0.270 e. The molecule has 1 aromatic carbocycles. The second-order valence-corrected chi connectivity index (χ2v) is 3.88. The average Bonchev–Trinajstić information content (AvgIpc) is 2.20. The van der Waals surface area contributed by atoms with E-state index in [1.54, 1.807) is 13.2 Å². The van der Waals surface area contributed by atoms with Gasteiger partial charge in [0.15, 0.2) is 0 Å². The van der Waals surface area contributed by atoms with Crippen molar-refractivity contribution >= 4 is 28.3 Å². The molecular formula is C9H10INO4. The van der Waals surface area contributed by atoms with Crippen molar-refractivity contribution in [2.45, 2.75) is 0 Å². The van der Waals surface area contributed by atoms with Crippen molar-refractivity contribution < 1.29 is 14.4 Å². The first-order valence-corrected chi connectivity index (χ1v) is 5.28.